The van der Waals surface area contributed by atoms with Crippen LogP contribution in [0.15, 0.2) is 0 Å². The summed E-state index contributed by atoms with van der Waals surface area (Å²) in [5, 5.41) is 0.430. The topological polar surface area (TPSA) is 63.2 Å². The Hall–Kier alpha value is -0.880. The molecular weight excluding hydrogens is 286 g/mol. The second-order valence-corrected chi connectivity index (χ2v) is 7.30. The molecule has 7 heteroatoms. The largest absolute Gasteiger partial charge is 0.358 e. The van der Waals surface area contributed by atoms with Gasteiger partial charge in [0, 0.05) is 31.8 Å². The minimum atomic E-state index is -2.99. The molecule has 0 unspecified atom stereocenters. The molecule has 0 atom stereocenters. The van der Waals surface area contributed by atoms with E-state index < -0.39 is 9.84 Å². The van der Waals surface area contributed by atoms with Crippen LogP contribution in [-0.2, 0) is 16.3 Å². The highest BCUT2D eigenvalue weighted by atomic mass is 35.5. The maximum absolute atomic E-state index is 11.2. The van der Waals surface area contributed by atoms with Crippen molar-refractivity contribution in [3.63, 3.8) is 0 Å². The van der Waals surface area contributed by atoms with Gasteiger partial charge in [0.1, 0.15) is 26.6 Å². The van der Waals surface area contributed by atoms with Gasteiger partial charge in [0.15, 0.2) is 0 Å². The highest BCUT2D eigenvalue weighted by Crippen LogP contribution is 2.23. The van der Waals surface area contributed by atoms with E-state index in [2.05, 4.69) is 9.97 Å². The maximum Gasteiger partial charge on any atom is 0.149 e. The Morgan fingerprint density at radius 2 is 1.95 bits per heavy atom. The first-order chi connectivity index (χ1) is 8.74. The zero-order chi connectivity index (χ0) is 14.6. The van der Waals surface area contributed by atoms with Crippen molar-refractivity contribution in [3.05, 3.63) is 16.5 Å². The van der Waals surface area contributed by atoms with E-state index in [9.17, 15) is 8.42 Å². The van der Waals surface area contributed by atoms with Gasteiger partial charge in [0.2, 0.25) is 0 Å². The Balaban J connectivity index is 2.97. The van der Waals surface area contributed by atoms with E-state index in [4.69, 9.17) is 11.6 Å². The first-order valence-electron chi connectivity index (χ1n) is 6.16. The molecule has 0 fully saturated rings. The monoisotopic (exact) mass is 305 g/mol. The summed E-state index contributed by atoms with van der Waals surface area (Å²) in [7, 11) is -1.18. The molecule has 0 aromatic carbocycles. The number of sulfone groups is 1. The van der Waals surface area contributed by atoms with Crippen LogP contribution in [0, 0.1) is 6.92 Å². The molecule has 0 aliphatic carbocycles. The van der Waals surface area contributed by atoms with E-state index in [1.54, 1.807) is 0 Å². The summed E-state index contributed by atoms with van der Waals surface area (Å²) in [6.45, 7) is 4.27. The number of hydrogen-bond acceptors (Lipinski definition) is 5. The van der Waals surface area contributed by atoms with Crippen LogP contribution >= 0.6 is 11.6 Å². The normalized spacial score (nSPS) is 11.6. The van der Waals surface area contributed by atoms with Crippen LogP contribution in [0.3, 0.4) is 0 Å². The lowest BCUT2D eigenvalue weighted by Crippen LogP contribution is -2.27. The zero-order valence-electron chi connectivity index (χ0n) is 11.8. The van der Waals surface area contributed by atoms with Gasteiger partial charge >= 0.3 is 0 Å². The molecule has 5 nitrogen and oxygen atoms in total. The van der Waals surface area contributed by atoms with E-state index in [-0.39, 0.29) is 5.75 Å². The van der Waals surface area contributed by atoms with Gasteiger partial charge in [-0.25, -0.2) is 18.4 Å². The minimum absolute atomic E-state index is 0.0909. The molecule has 1 aromatic heterocycles. The lowest BCUT2D eigenvalue weighted by Gasteiger charge is -2.20. The number of nitrogens with zero attached hydrogens (tertiary/aromatic N) is 3. The van der Waals surface area contributed by atoms with Crippen molar-refractivity contribution in [1.82, 2.24) is 9.97 Å². The molecule has 0 amide bonds. The van der Waals surface area contributed by atoms with Crippen molar-refractivity contribution in [1.29, 1.82) is 0 Å². The van der Waals surface area contributed by atoms with Crippen molar-refractivity contribution in [2.24, 2.45) is 0 Å². The lowest BCUT2D eigenvalue weighted by atomic mass is 10.3. The fourth-order valence-corrected chi connectivity index (χ4v) is 2.42. The van der Waals surface area contributed by atoms with Crippen molar-refractivity contribution in [2.45, 2.75) is 26.7 Å². The summed E-state index contributed by atoms with van der Waals surface area (Å²) in [5.41, 5.74) is 0.775. The van der Waals surface area contributed by atoms with Crippen LogP contribution in [0.25, 0.3) is 0 Å². The first kappa shape index (κ1) is 16.2. The molecule has 0 aliphatic heterocycles. The molecule has 0 bridgehead atoms. The van der Waals surface area contributed by atoms with Gasteiger partial charge in [-0.3, -0.25) is 0 Å². The van der Waals surface area contributed by atoms with Gasteiger partial charge in [0.05, 0.1) is 5.75 Å². The third kappa shape index (κ3) is 4.95. The molecule has 0 spiro atoms. The predicted octanol–water partition coefficient (Wildman–Crippen LogP) is 1.87. The standard InChI is InChI=1S/C12H20ClN3O2S/c1-5-6-10-14-11(13)9(2)12(15-10)16(3)7-8-19(4,17)18/h5-8H2,1-4H3. The van der Waals surface area contributed by atoms with Crippen molar-refractivity contribution in [2.75, 3.05) is 30.5 Å². The van der Waals surface area contributed by atoms with Crippen LogP contribution in [0.5, 0.6) is 0 Å². The lowest BCUT2D eigenvalue weighted by molar-refractivity contribution is 0.601. The Kier molecular flexibility index (Phi) is 5.55. The molecule has 0 saturated heterocycles. The SMILES string of the molecule is CCCc1nc(Cl)c(C)c(N(C)CCS(C)(=O)=O)n1. The van der Waals surface area contributed by atoms with Crippen molar-refractivity contribution in [3.8, 4) is 0 Å². The summed E-state index contributed by atoms with van der Waals surface area (Å²) in [5.74, 6) is 1.49. The second kappa shape index (κ2) is 6.52. The number of halogens is 1. The number of anilines is 1. The van der Waals surface area contributed by atoms with Crippen LogP contribution in [-0.4, -0.2) is 44.0 Å². The van der Waals surface area contributed by atoms with Gasteiger partial charge in [-0.2, -0.15) is 0 Å². The van der Waals surface area contributed by atoms with Crippen LogP contribution in [0.4, 0.5) is 5.82 Å². The van der Waals surface area contributed by atoms with Gasteiger partial charge < -0.3 is 4.90 Å². The number of aryl methyl sites for hydroxylation is 1. The van der Waals surface area contributed by atoms with Crippen molar-refractivity contribution >= 4 is 27.3 Å². The highest BCUT2D eigenvalue weighted by Gasteiger charge is 2.14. The third-order valence-electron chi connectivity index (χ3n) is 2.74. The van der Waals surface area contributed by atoms with Gasteiger partial charge in [-0.1, -0.05) is 18.5 Å². The molecule has 0 aliphatic rings. The summed E-state index contributed by atoms with van der Waals surface area (Å²) in [6, 6.07) is 0. The van der Waals surface area contributed by atoms with Gasteiger partial charge in [0.25, 0.3) is 0 Å². The molecular formula is C12H20ClN3O2S. The molecule has 1 heterocycles. The van der Waals surface area contributed by atoms with E-state index in [0.29, 0.717) is 23.3 Å². The molecule has 1 aromatic rings. The number of aromatic nitrogens is 2. The quantitative estimate of drug-likeness (QED) is 0.751. The Bertz CT molecular complexity index is 546. The minimum Gasteiger partial charge on any atom is -0.358 e. The van der Waals surface area contributed by atoms with Gasteiger partial charge in [-0.15, -0.1) is 0 Å². The summed E-state index contributed by atoms with van der Waals surface area (Å²) >= 11 is 6.09. The smallest absolute Gasteiger partial charge is 0.149 e. The summed E-state index contributed by atoms with van der Waals surface area (Å²) < 4.78 is 22.4. The molecule has 108 valence electrons. The fourth-order valence-electron chi connectivity index (χ4n) is 1.64. The van der Waals surface area contributed by atoms with Crippen LogP contribution in [0.1, 0.15) is 24.7 Å². The fraction of sp³-hybridized carbons (Fsp3) is 0.667. The van der Waals surface area contributed by atoms with E-state index >= 15 is 0 Å². The Morgan fingerprint density at radius 1 is 1.32 bits per heavy atom. The first-order valence-corrected chi connectivity index (χ1v) is 8.60. The average molecular weight is 306 g/mol. The highest BCUT2D eigenvalue weighted by molar-refractivity contribution is 7.90. The molecule has 0 N–H and O–H groups in total. The van der Waals surface area contributed by atoms with E-state index in [1.807, 2.05) is 25.8 Å². The van der Waals surface area contributed by atoms with Crippen LogP contribution in [0.2, 0.25) is 5.15 Å². The van der Waals surface area contributed by atoms with Gasteiger partial charge in [-0.05, 0) is 13.3 Å². The molecule has 0 radical (unpaired) electrons. The average Bonchev–Trinajstić information content (AvgIpc) is 2.30. The zero-order valence-corrected chi connectivity index (χ0v) is 13.3. The summed E-state index contributed by atoms with van der Waals surface area (Å²) in [6.07, 6.45) is 2.92. The predicted molar refractivity (Wildman–Crippen MR) is 78.8 cm³/mol. The number of rotatable bonds is 6. The third-order valence-corrected chi connectivity index (χ3v) is 4.03. The molecule has 0 saturated carbocycles. The Morgan fingerprint density at radius 3 is 2.47 bits per heavy atom. The van der Waals surface area contributed by atoms with Crippen LogP contribution < -0.4 is 4.90 Å². The second-order valence-electron chi connectivity index (χ2n) is 4.68. The van der Waals surface area contributed by atoms with E-state index in [0.717, 1.165) is 18.4 Å². The summed E-state index contributed by atoms with van der Waals surface area (Å²) in [4.78, 5) is 10.5. The molecule has 19 heavy (non-hydrogen) atoms. The van der Waals surface area contributed by atoms with E-state index in [1.165, 1.54) is 6.26 Å². The maximum atomic E-state index is 11.2. The molecule has 1 rings (SSSR count). The number of hydrogen-bond donors (Lipinski definition) is 0. The van der Waals surface area contributed by atoms with Crippen molar-refractivity contribution < 1.29 is 8.42 Å². The Labute approximate surface area is 119 Å².